The van der Waals surface area contributed by atoms with Crippen molar-refractivity contribution in [3.05, 3.63) is 29.6 Å². The molecule has 20 heavy (non-hydrogen) atoms. The summed E-state index contributed by atoms with van der Waals surface area (Å²) in [4.78, 5) is 37.6. The van der Waals surface area contributed by atoms with E-state index in [1.54, 1.807) is 0 Å². The van der Waals surface area contributed by atoms with Gasteiger partial charge >= 0.3 is 17.9 Å². The van der Waals surface area contributed by atoms with Crippen LogP contribution in [0.3, 0.4) is 0 Å². The summed E-state index contributed by atoms with van der Waals surface area (Å²) in [6.07, 6.45) is 0.996. The van der Waals surface area contributed by atoms with Gasteiger partial charge in [0.2, 0.25) is 6.29 Å². The summed E-state index contributed by atoms with van der Waals surface area (Å²) in [6, 6.07) is 2.63. The zero-order valence-electron chi connectivity index (χ0n) is 11.2. The fourth-order valence-corrected chi connectivity index (χ4v) is 1.42. The van der Waals surface area contributed by atoms with Crippen LogP contribution in [0.4, 0.5) is 0 Å². The van der Waals surface area contributed by atoms with Crippen molar-refractivity contribution >= 4 is 17.9 Å². The predicted octanol–water partition coefficient (Wildman–Crippen LogP) is 1.63. The van der Waals surface area contributed by atoms with Crippen molar-refractivity contribution < 1.29 is 29.0 Å². The molecule has 0 aliphatic rings. The number of hydrogen-bond donors (Lipinski definition) is 1. The second kappa shape index (κ2) is 7.22. The van der Waals surface area contributed by atoms with Crippen LogP contribution in [0.25, 0.3) is 0 Å². The normalized spacial score (nSPS) is 11.5. The zero-order valence-corrected chi connectivity index (χ0v) is 11.2. The van der Waals surface area contributed by atoms with Gasteiger partial charge in [-0.1, -0.05) is 6.92 Å². The molecule has 0 saturated carbocycles. The van der Waals surface area contributed by atoms with Crippen molar-refractivity contribution in [2.45, 2.75) is 33.0 Å². The molecule has 1 heterocycles. The molecule has 0 amide bonds. The van der Waals surface area contributed by atoms with Crippen LogP contribution < -0.4 is 0 Å². The van der Waals surface area contributed by atoms with Gasteiger partial charge in [0.15, 0.2) is 5.69 Å². The van der Waals surface area contributed by atoms with Crippen molar-refractivity contribution in [2.75, 3.05) is 0 Å². The number of hydrogen-bond acceptors (Lipinski definition) is 6. The number of carboxylic acid groups (broad SMARTS) is 1. The van der Waals surface area contributed by atoms with Gasteiger partial charge in [0.05, 0.1) is 5.56 Å². The summed E-state index contributed by atoms with van der Waals surface area (Å²) in [5.74, 6) is -2.74. The molecule has 1 N–H and O–H groups in total. The highest BCUT2D eigenvalue weighted by molar-refractivity contribution is 6.00. The van der Waals surface area contributed by atoms with Crippen LogP contribution in [-0.4, -0.2) is 34.3 Å². The standard InChI is InChI=1S/C13H15NO6/c1-3-5-10(15)19-8(2)20-13(18)11-9(12(16)17)6-4-7-14-11/h4,6-8H,3,5H2,1-2H3,(H,16,17). The number of aromatic nitrogens is 1. The van der Waals surface area contributed by atoms with Gasteiger partial charge in [-0.25, -0.2) is 14.6 Å². The van der Waals surface area contributed by atoms with E-state index in [0.29, 0.717) is 6.42 Å². The number of carbonyl (C=O) groups is 3. The van der Waals surface area contributed by atoms with E-state index in [1.165, 1.54) is 25.3 Å². The number of esters is 2. The van der Waals surface area contributed by atoms with Crippen molar-refractivity contribution in [3.63, 3.8) is 0 Å². The van der Waals surface area contributed by atoms with Gasteiger partial charge in [-0.3, -0.25) is 4.79 Å². The van der Waals surface area contributed by atoms with Gasteiger partial charge < -0.3 is 14.6 Å². The highest BCUT2D eigenvalue weighted by Crippen LogP contribution is 2.09. The first-order valence-electron chi connectivity index (χ1n) is 6.04. The Hall–Kier alpha value is -2.44. The van der Waals surface area contributed by atoms with Gasteiger partial charge in [-0.15, -0.1) is 0 Å². The lowest BCUT2D eigenvalue weighted by atomic mass is 10.2. The molecule has 0 spiro atoms. The third-order valence-corrected chi connectivity index (χ3v) is 2.26. The molecule has 1 unspecified atom stereocenters. The Morgan fingerprint density at radius 1 is 1.35 bits per heavy atom. The van der Waals surface area contributed by atoms with Gasteiger partial charge in [0, 0.05) is 19.5 Å². The second-order valence-electron chi connectivity index (χ2n) is 3.92. The number of carbonyl (C=O) groups excluding carboxylic acids is 2. The Balaban J connectivity index is 2.72. The molecule has 7 heteroatoms. The maximum Gasteiger partial charge on any atom is 0.360 e. The molecular formula is C13H15NO6. The predicted molar refractivity (Wildman–Crippen MR) is 67.1 cm³/mol. The molecule has 1 aromatic heterocycles. The van der Waals surface area contributed by atoms with Crippen molar-refractivity contribution in [1.82, 2.24) is 4.98 Å². The molecule has 0 aliphatic heterocycles. The molecule has 0 fully saturated rings. The Labute approximate surface area is 115 Å². The number of pyridine rings is 1. The van der Waals surface area contributed by atoms with E-state index in [2.05, 4.69) is 4.98 Å². The number of nitrogens with zero attached hydrogens (tertiary/aromatic N) is 1. The second-order valence-corrected chi connectivity index (χ2v) is 3.92. The van der Waals surface area contributed by atoms with Crippen LogP contribution in [0.2, 0.25) is 0 Å². The molecule has 0 saturated heterocycles. The Morgan fingerprint density at radius 2 is 2.05 bits per heavy atom. The largest absolute Gasteiger partial charge is 0.478 e. The fourth-order valence-electron chi connectivity index (χ4n) is 1.42. The van der Waals surface area contributed by atoms with Gasteiger partial charge in [0.1, 0.15) is 0 Å². The summed E-state index contributed by atoms with van der Waals surface area (Å²) < 4.78 is 9.66. The van der Waals surface area contributed by atoms with E-state index in [9.17, 15) is 14.4 Å². The lowest BCUT2D eigenvalue weighted by Gasteiger charge is -2.14. The molecule has 0 aliphatic carbocycles. The van der Waals surface area contributed by atoms with Crippen LogP contribution in [-0.2, 0) is 14.3 Å². The Morgan fingerprint density at radius 3 is 2.65 bits per heavy atom. The number of aromatic carboxylic acids is 1. The van der Waals surface area contributed by atoms with E-state index in [0.717, 1.165) is 0 Å². The SMILES string of the molecule is CCCC(=O)OC(C)OC(=O)c1ncccc1C(=O)O. The number of ether oxygens (including phenoxy) is 2. The Kier molecular flexibility index (Phi) is 5.64. The maximum absolute atomic E-state index is 11.8. The van der Waals surface area contributed by atoms with Crippen molar-refractivity contribution in [2.24, 2.45) is 0 Å². The minimum Gasteiger partial charge on any atom is -0.478 e. The first-order valence-corrected chi connectivity index (χ1v) is 6.04. The minimum atomic E-state index is -1.29. The molecule has 108 valence electrons. The average Bonchev–Trinajstić information content (AvgIpc) is 2.38. The Bertz CT molecular complexity index is 513. The fraction of sp³-hybridized carbons (Fsp3) is 0.385. The highest BCUT2D eigenvalue weighted by Gasteiger charge is 2.22. The van der Waals surface area contributed by atoms with Crippen molar-refractivity contribution in [1.29, 1.82) is 0 Å². The summed E-state index contributed by atoms with van der Waals surface area (Å²) in [7, 11) is 0. The first kappa shape index (κ1) is 15.6. The summed E-state index contributed by atoms with van der Waals surface area (Å²) in [5.41, 5.74) is -0.608. The lowest BCUT2D eigenvalue weighted by Crippen LogP contribution is -2.23. The third-order valence-electron chi connectivity index (χ3n) is 2.26. The van der Waals surface area contributed by atoms with E-state index in [4.69, 9.17) is 14.6 Å². The maximum atomic E-state index is 11.8. The van der Waals surface area contributed by atoms with Crippen LogP contribution in [0.15, 0.2) is 18.3 Å². The summed E-state index contributed by atoms with van der Waals surface area (Å²) >= 11 is 0. The molecule has 0 aromatic carbocycles. The van der Waals surface area contributed by atoms with Gasteiger partial charge in [0.25, 0.3) is 0 Å². The molecular weight excluding hydrogens is 266 g/mol. The number of rotatable bonds is 6. The van der Waals surface area contributed by atoms with E-state index in [1.807, 2.05) is 6.92 Å². The van der Waals surface area contributed by atoms with E-state index < -0.39 is 24.2 Å². The van der Waals surface area contributed by atoms with E-state index in [-0.39, 0.29) is 17.7 Å². The minimum absolute atomic E-state index is 0.214. The first-order chi connectivity index (χ1) is 9.45. The molecule has 7 nitrogen and oxygen atoms in total. The topological polar surface area (TPSA) is 103 Å². The van der Waals surface area contributed by atoms with Gasteiger partial charge in [-0.05, 0) is 18.6 Å². The third kappa shape index (κ3) is 4.34. The average molecular weight is 281 g/mol. The lowest BCUT2D eigenvalue weighted by molar-refractivity contribution is -0.165. The quantitative estimate of drug-likeness (QED) is 0.624. The van der Waals surface area contributed by atoms with E-state index >= 15 is 0 Å². The molecule has 0 radical (unpaired) electrons. The number of carboxylic acids is 1. The molecule has 0 bridgehead atoms. The monoisotopic (exact) mass is 281 g/mol. The van der Waals surface area contributed by atoms with Crippen LogP contribution >= 0.6 is 0 Å². The van der Waals surface area contributed by atoms with Crippen LogP contribution in [0.1, 0.15) is 47.5 Å². The summed E-state index contributed by atoms with van der Waals surface area (Å²) in [6.45, 7) is 3.18. The van der Waals surface area contributed by atoms with Crippen LogP contribution in [0, 0.1) is 0 Å². The summed E-state index contributed by atoms with van der Waals surface area (Å²) in [5, 5.41) is 8.93. The van der Waals surface area contributed by atoms with Crippen molar-refractivity contribution in [3.8, 4) is 0 Å². The highest BCUT2D eigenvalue weighted by atomic mass is 16.7. The zero-order chi connectivity index (χ0) is 15.1. The molecule has 1 rings (SSSR count). The van der Waals surface area contributed by atoms with Crippen LogP contribution in [0.5, 0.6) is 0 Å². The van der Waals surface area contributed by atoms with Gasteiger partial charge in [-0.2, -0.15) is 0 Å². The molecule has 1 aromatic rings. The smallest absolute Gasteiger partial charge is 0.360 e. The molecule has 1 atom stereocenters.